The van der Waals surface area contributed by atoms with E-state index in [4.69, 9.17) is 21.1 Å². The Hall–Kier alpha value is -2.57. The molecule has 1 amide bonds. The zero-order valence-corrected chi connectivity index (χ0v) is 16.1. The van der Waals surface area contributed by atoms with E-state index in [1.807, 2.05) is 25.1 Å². The largest absolute Gasteiger partial charge is 0.493 e. The molecule has 0 spiro atoms. The summed E-state index contributed by atoms with van der Waals surface area (Å²) in [7, 11) is 3.15. The highest BCUT2D eigenvalue weighted by molar-refractivity contribution is 7.13. The van der Waals surface area contributed by atoms with E-state index in [2.05, 4.69) is 10.3 Å². The SMILES string of the molecule is COc1cccc(-c2nc(C(=O)Nc3cccc(Cl)c3C)cs2)c1OC. The number of benzene rings is 2. The normalized spacial score (nSPS) is 10.5. The first-order chi connectivity index (χ1) is 12.5. The lowest BCUT2D eigenvalue weighted by atomic mass is 10.2. The molecular formula is C19H17ClN2O3S. The first-order valence-corrected chi connectivity index (χ1v) is 9.04. The van der Waals surface area contributed by atoms with Gasteiger partial charge in [-0.15, -0.1) is 11.3 Å². The van der Waals surface area contributed by atoms with E-state index in [1.165, 1.54) is 11.3 Å². The van der Waals surface area contributed by atoms with Crippen molar-refractivity contribution in [2.45, 2.75) is 6.92 Å². The Morgan fingerprint density at radius 3 is 2.65 bits per heavy atom. The van der Waals surface area contributed by atoms with Crippen molar-refractivity contribution in [1.82, 2.24) is 4.98 Å². The molecule has 1 heterocycles. The van der Waals surface area contributed by atoms with Crippen molar-refractivity contribution < 1.29 is 14.3 Å². The van der Waals surface area contributed by atoms with Gasteiger partial charge in [0.2, 0.25) is 0 Å². The predicted octanol–water partition coefficient (Wildman–Crippen LogP) is 5.04. The summed E-state index contributed by atoms with van der Waals surface area (Å²) < 4.78 is 10.8. The molecule has 0 radical (unpaired) electrons. The summed E-state index contributed by atoms with van der Waals surface area (Å²) in [5.41, 5.74) is 2.58. The second-order valence-corrected chi connectivity index (χ2v) is 6.71. The van der Waals surface area contributed by atoms with Crippen LogP contribution in [0.4, 0.5) is 5.69 Å². The second-order valence-electron chi connectivity index (χ2n) is 5.45. The number of amides is 1. The average molecular weight is 389 g/mol. The fraction of sp³-hybridized carbons (Fsp3) is 0.158. The topological polar surface area (TPSA) is 60.5 Å². The molecule has 0 aliphatic carbocycles. The number of hydrogen-bond acceptors (Lipinski definition) is 5. The minimum absolute atomic E-state index is 0.292. The third kappa shape index (κ3) is 3.52. The van der Waals surface area contributed by atoms with Gasteiger partial charge in [0.15, 0.2) is 11.5 Å². The summed E-state index contributed by atoms with van der Waals surface area (Å²) in [6.45, 7) is 1.85. The van der Waals surface area contributed by atoms with E-state index in [9.17, 15) is 4.79 Å². The van der Waals surface area contributed by atoms with Crippen molar-refractivity contribution in [3.8, 4) is 22.1 Å². The van der Waals surface area contributed by atoms with Crippen LogP contribution in [-0.4, -0.2) is 25.1 Å². The van der Waals surface area contributed by atoms with Gasteiger partial charge in [-0.25, -0.2) is 4.98 Å². The maximum atomic E-state index is 12.5. The lowest BCUT2D eigenvalue weighted by molar-refractivity contribution is 0.102. The van der Waals surface area contributed by atoms with Gasteiger partial charge in [-0.2, -0.15) is 0 Å². The highest BCUT2D eigenvalue weighted by Crippen LogP contribution is 2.39. The van der Waals surface area contributed by atoms with E-state index in [0.29, 0.717) is 32.9 Å². The Morgan fingerprint density at radius 1 is 1.15 bits per heavy atom. The lowest BCUT2D eigenvalue weighted by Crippen LogP contribution is -2.13. The second kappa shape index (κ2) is 7.76. The number of para-hydroxylation sites is 1. The highest BCUT2D eigenvalue weighted by Gasteiger charge is 2.17. The zero-order valence-electron chi connectivity index (χ0n) is 14.5. The minimum atomic E-state index is -0.292. The summed E-state index contributed by atoms with van der Waals surface area (Å²) in [5, 5.41) is 5.83. The van der Waals surface area contributed by atoms with Gasteiger partial charge in [-0.05, 0) is 36.8 Å². The van der Waals surface area contributed by atoms with Crippen LogP contribution in [0.15, 0.2) is 41.8 Å². The molecule has 5 nitrogen and oxygen atoms in total. The van der Waals surface area contributed by atoms with Crippen LogP contribution in [0.3, 0.4) is 0 Å². The molecule has 2 aromatic carbocycles. The van der Waals surface area contributed by atoms with Gasteiger partial charge in [0.1, 0.15) is 10.7 Å². The molecule has 7 heteroatoms. The van der Waals surface area contributed by atoms with Gasteiger partial charge >= 0.3 is 0 Å². The molecule has 0 fully saturated rings. The Morgan fingerprint density at radius 2 is 1.92 bits per heavy atom. The molecule has 0 saturated carbocycles. The number of nitrogens with zero attached hydrogens (tertiary/aromatic N) is 1. The highest BCUT2D eigenvalue weighted by atomic mass is 35.5. The van der Waals surface area contributed by atoms with Crippen LogP contribution < -0.4 is 14.8 Å². The minimum Gasteiger partial charge on any atom is -0.493 e. The maximum Gasteiger partial charge on any atom is 0.275 e. The number of halogens is 1. The number of hydrogen-bond donors (Lipinski definition) is 1. The lowest BCUT2D eigenvalue weighted by Gasteiger charge is -2.10. The fourth-order valence-electron chi connectivity index (χ4n) is 2.49. The summed E-state index contributed by atoms with van der Waals surface area (Å²) in [4.78, 5) is 17.0. The first-order valence-electron chi connectivity index (χ1n) is 7.78. The van der Waals surface area contributed by atoms with Gasteiger partial charge in [0, 0.05) is 16.1 Å². The molecule has 0 aliphatic heterocycles. The molecule has 3 rings (SSSR count). The van der Waals surface area contributed by atoms with Crippen molar-refractivity contribution in [3.63, 3.8) is 0 Å². The van der Waals surface area contributed by atoms with Gasteiger partial charge in [0.05, 0.1) is 19.8 Å². The molecule has 1 aromatic heterocycles. The summed E-state index contributed by atoms with van der Waals surface area (Å²) in [5.74, 6) is 0.905. The number of carbonyl (C=O) groups is 1. The van der Waals surface area contributed by atoms with Gasteiger partial charge in [-0.1, -0.05) is 23.7 Å². The van der Waals surface area contributed by atoms with Crippen molar-refractivity contribution >= 4 is 34.5 Å². The molecule has 0 atom stereocenters. The average Bonchev–Trinajstić information content (AvgIpc) is 3.14. The Balaban J connectivity index is 1.88. The quantitative estimate of drug-likeness (QED) is 0.665. The van der Waals surface area contributed by atoms with Crippen LogP contribution in [0.1, 0.15) is 16.1 Å². The van der Waals surface area contributed by atoms with Crippen LogP contribution in [0, 0.1) is 6.92 Å². The Bertz CT molecular complexity index is 956. The molecule has 0 unspecified atom stereocenters. The maximum absolute atomic E-state index is 12.5. The molecule has 0 bridgehead atoms. The third-order valence-corrected chi connectivity index (χ3v) is 5.17. The molecule has 3 aromatic rings. The molecular weight excluding hydrogens is 372 g/mol. The van der Waals surface area contributed by atoms with E-state index >= 15 is 0 Å². The van der Waals surface area contributed by atoms with E-state index in [-0.39, 0.29) is 5.91 Å². The number of anilines is 1. The summed E-state index contributed by atoms with van der Waals surface area (Å²) >= 11 is 7.46. The number of thiazole rings is 1. The monoisotopic (exact) mass is 388 g/mol. The Kier molecular flexibility index (Phi) is 5.44. The summed E-state index contributed by atoms with van der Waals surface area (Å²) in [6.07, 6.45) is 0. The van der Waals surface area contributed by atoms with Crippen molar-refractivity contribution in [3.05, 3.63) is 58.1 Å². The van der Waals surface area contributed by atoms with Crippen LogP contribution in [0.25, 0.3) is 10.6 Å². The zero-order chi connectivity index (χ0) is 18.7. The fourth-order valence-corrected chi connectivity index (χ4v) is 3.48. The number of carbonyl (C=O) groups excluding carboxylic acids is 1. The molecule has 134 valence electrons. The van der Waals surface area contributed by atoms with Crippen LogP contribution >= 0.6 is 22.9 Å². The standard InChI is InChI=1S/C19H17ClN2O3S/c1-11-13(20)7-5-8-14(11)21-18(23)15-10-26-19(22-15)12-6-4-9-16(24-2)17(12)25-3/h4-10H,1-3H3,(H,21,23). The van der Waals surface area contributed by atoms with Crippen LogP contribution in [0.5, 0.6) is 11.5 Å². The molecule has 26 heavy (non-hydrogen) atoms. The molecule has 0 aliphatic rings. The van der Waals surface area contributed by atoms with Crippen LogP contribution in [-0.2, 0) is 0 Å². The molecule has 0 saturated heterocycles. The van der Waals surface area contributed by atoms with E-state index < -0.39 is 0 Å². The van der Waals surface area contributed by atoms with Crippen LogP contribution in [0.2, 0.25) is 5.02 Å². The number of aromatic nitrogens is 1. The number of ether oxygens (including phenoxy) is 2. The van der Waals surface area contributed by atoms with Crippen molar-refractivity contribution in [1.29, 1.82) is 0 Å². The Labute approximate surface area is 160 Å². The van der Waals surface area contributed by atoms with Gasteiger partial charge < -0.3 is 14.8 Å². The smallest absolute Gasteiger partial charge is 0.275 e. The number of rotatable bonds is 5. The van der Waals surface area contributed by atoms with Gasteiger partial charge in [-0.3, -0.25) is 4.79 Å². The number of nitrogens with one attached hydrogen (secondary N) is 1. The summed E-state index contributed by atoms with van der Waals surface area (Å²) in [6, 6.07) is 10.9. The van der Waals surface area contributed by atoms with Crippen molar-refractivity contribution in [2.24, 2.45) is 0 Å². The van der Waals surface area contributed by atoms with E-state index in [0.717, 1.165) is 11.1 Å². The predicted molar refractivity (Wildman–Crippen MR) is 105 cm³/mol. The number of methoxy groups -OCH3 is 2. The third-order valence-electron chi connectivity index (χ3n) is 3.89. The van der Waals surface area contributed by atoms with Gasteiger partial charge in [0.25, 0.3) is 5.91 Å². The first kappa shape index (κ1) is 18.2. The van der Waals surface area contributed by atoms with Crippen molar-refractivity contribution in [2.75, 3.05) is 19.5 Å². The van der Waals surface area contributed by atoms with E-state index in [1.54, 1.807) is 37.8 Å². The molecule has 1 N–H and O–H groups in total.